The highest BCUT2D eigenvalue weighted by Gasteiger charge is 2.25. The Morgan fingerprint density at radius 2 is 2.19 bits per heavy atom. The van der Waals surface area contributed by atoms with Gasteiger partial charge in [0.1, 0.15) is 0 Å². The van der Waals surface area contributed by atoms with Crippen LogP contribution in [-0.4, -0.2) is 51.3 Å². The zero-order valence-corrected chi connectivity index (χ0v) is 11.0. The van der Waals surface area contributed by atoms with E-state index in [1.165, 1.54) is 0 Å². The van der Waals surface area contributed by atoms with E-state index < -0.39 is 10.0 Å². The summed E-state index contributed by atoms with van der Waals surface area (Å²) >= 11 is 0. The van der Waals surface area contributed by atoms with Gasteiger partial charge in [0.05, 0.1) is 5.75 Å². The quantitative estimate of drug-likeness (QED) is 0.704. The SMILES string of the molecule is CC1CC(NS(=O)(=O)CCCN)CCN1C. The molecule has 1 saturated heterocycles. The highest BCUT2D eigenvalue weighted by Crippen LogP contribution is 2.16. The van der Waals surface area contributed by atoms with E-state index in [0.717, 1.165) is 19.4 Å². The van der Waals surface area contributed by atoms with Gasteiger partial charge in [-0.3, -0.25) is 0 Å². The molecule has 0 saturated carbocycles. The van der Waals surface area contributed by atoms with Crippen molar-refractivity contribution in [1.82, 2.24) is 9.62 Å². The molecular weight excluding hydrogens is 226 g/mol. The molecule has 6 heteroatoms. The summed E-state index contributed by atoms with van der Waals surface area (Å²) in [5.74, 6) is 0.143. The fourth-order valence-corrected chi connectivity index (χ4v) is 3.37. The van der Waals surface area contributed by atoms with Gasteiger partial charge in [-0.05, 0) is 46.3 Å². The van der Waals surface area contributed by atoms with Crippen LogP contribution in [-0.2, 0) is 10.0 Å². The van der Waals surface area contributed by atoms with Crippen LogP contribution in [0.2, 0.25) is 0 Å². The zero-order chi connectivity index (χ0) is 12.2. The largest absolute Gasteiger partial charge is 0.330 e. The minimum atomic E-state index is -3.13. The molecule has 1 fully saturated rings. The van der Waals surface area contributed by atoms with Crippen LogP contribution in [0.4, 0.5) is 0 Å². The van der Waals surface area contributed by atoms with E-state index in [9.17, 15) is 8.42 Å². The Balaban J connectivity index is 2.42. The average Bonchev–Trinajstić information content (AvgIpc) is 2.20. The lowest BCUT2D eigenvalue weighted by Crippen LogP contribution is -2.47. The van der Waals surface area contributed by atoms with E-state index in [0.29, 0.717) is 19.0 Å². The molecule has 0 amide bonds. The summed E-state index contributed by atoms with van der Waals surface area (Å²) in [5, 5.41) is 0. The van der Waals surface area contributed by atoms with Crippen LogP contribution in [0.1, 0.15) is 26.2 Å². The van der Waals surface area contributed by atoms with Gasteiger partial charge >= 0.3 is 0 Å². The van der Waals surface area contributed by atoms with Crippen molar-refractivity contribution >= 4 is 10.0 Å². The molecule has 0 radical (unpaired) electrons. The second-order valence-corrected chi connectivity index (χ2v) is 6.50. The van der Waals surface area contributed by atoms with E-state index in [-0.39, 0.29) is 11.8 Å². The number of sulfonamides is 1. The van der Waals surface area contributed by atoms with Crippen molar-refractivity contribution in [2.75, 3.05) is 25.9 Å². The fourth-order valence-electron chi connectivity index (χ4n) is 1.98. The molecule has 1 aliphatic rings. The smallest absolute Gasteiger partial charge is 0.211 e. The third-order valence-electron chi connectivity index (χ3n) is 3.17. The topological polar surface area (TPSA) is 75.4 Å². The van der Waals surface area contributed by atoms with Crippen molar-refractivity contribution in [3.63, 3.8) is 0 Å². The van der Waals surface area contributed by atoms with Gasteiger partial charge in [0, 0.05) is 12.1 Å². The third kappa shape index (κ3) is 4.37. The van der Waals surface area contributed by atoms with Crippen LogP contribution in [0.3, 0.4) is 0 Å². The molecule has 0 bridgehead atoms. The number of likely N-dealkylation sites (tertiary alicyclic amines) is 1. The van der Waals surface area contributed by atoms with Crippen molar-refractivity contribution in [1.29, 1.82) is 0 Å². The first-order valence-electron chi connectivity index (χ1n) is 5.85. The number of hydrogen-bond acceptors (Lipinski definition) is 4. The summed E-state index contributed by atoms with van der Waals surface area (Å²) in [6.07, 6.45) is 2.30. The minimum Gasteiger partial charge on any atom is -0.330 e. The average molecular weight is 249 g/mol. The molecular formula is C10H23N3O2S. The van der Waals surface area contributed by atoms with Gasteiger partial charge in [-0.25, -0.2) is 13.1 Å². The summed E-state index contributed by atoms with van der Waals surface area (Å²) in [4.78, 5) is 2.25. The van der Waals surface area contributed by atoms with Crippen LogP contribution < -0.4 is 10.5 Å². The van der Waals surface area contributed by atoms with Gasteiger partial charge in [-0.2, -0.15) is 0 Å². The normalized spacial score (nSPS) is 28.2. The molecule has 16 heavy (non-hydrogen) atoms. The molecule has 5 nitrogen and oxygen atoms in total. The summed E-state index contributed by atoms with van der Waals surface area (Å²) in [7, 11) is -1.06. The Labute approximate surface area is 98.4 Å². The predicted octanol–water partition coefficient (Wildman–Crippen LogP) is -0.263. The highest BCUT2D eigenvalue weighted by atomic mass is 32.2. The second kappa shape index (κ2) is 5.95. The van der Waals surface area contributed by atoms with Gasteiger partial charge in [0.15, 0.2) is 0 Å². The minimum absolute atomic E-state index is 0.0916. The lowest BCUT2D eigenvalue weighted by molar-refractivity contribution is 0.178. The molecule has 96 valence electrons. The Bertz CT molecular complexity index is 305. The van der Waals surface area contributed by atoms with Crippen molar-refractivity contribution in [3.05, 3.63) is 0 Å². The van der Waals surface area contributed by atoms with E-state index >= 15 is 0 Å². The third-order valence-corrected chi connectivity index (χ3v) is 4.69. The van der Waals surface area contributed by atoms with Gasteiger partial charge < -0.3 is 10.6 Å². The first-order chi connectivity index (χ1) is 7.44. The van der Waals surface area contributed by atoms with Crippen molar-refractivity contribution in [3.8, 4) is 0 Å². The number of nitrogens with two attached hydrogens (primary N) is 1. The van der Waals surface area contributed by atoms with E-state index in [4.69, 9.17) is 5.73 Å². The summed E-state index contributed by atoms with van der Waals surface area (Å²) < 4.78 is 26.1. The summed E-state index contributed by atoms with van der Waals surface area (Å²) in [6, 6.07) is 0.532. The van der Waals surface area contributed by atoms with Gasteiger partial charge in [0.2, 0.25) is 10.0 Å². The van der Waals surface area contributed by atoms with Crippen molar-refractivity contribution in [2.45, 2.75) is 38.3 Å². The Kier molecular flexibility index (Phi) is 5.17. The number of nitrogens with one attached hydrogen (secondary N) is 1. The maximum atomic E-state index is 11.7. The Hall–Kier alpha value is -0.170. The van der Waals surface area contributed by atoms with Crippen LogP contribution in [0.5, 0.6) is 0 Å². The first-order valence-corrected chi connectivity index (χ1v) is 7.50. The molecule has 0 aromatic heterocycles. The van der Waals surface area contributed by atoms with E-state index in [1.807, 2.05) is 0 Å². The molecule has 1 aliphatic heterocycles. The van der Waals surface area contributed by atoms with Crippen LogP contribution >= 0.6 is 0 Å². The molecule has 2 atom stereocenters. The predicted molar refractivity (Wildman–Crippen MR) is 65.7 cm³/mol. The number of hydrogen-bond donors (Lipinski definition) is 2. The van der Waals surface area contributed by atoms with E-state index in [1.54, 1.807) is 0 Å². The monoisotopic (exact) mass is 249 g/mol. The Morgan fingerprint density at radius 1 is 1.50 bits per heavy atom. The molecule has 2 unspecified atom stereocenters. The van der Waals surface area contributed by atoms with Crippen LogP contribution in [0.25, 0.3) is 0 Å². The van der Waals surface area contributed by atoms with Crippen LogP contribution in [0, 0.1) is 0 Å². The fraction of sp³-hybridized carbons (Fsp3) is 1.00. The Morgan fingerprint density at radius 3 is 2.75 bits per heavy atom. The maximum Gasteiger partial charge on any atom is 0.211 e. The molecule has 0 aliphatic carbocycles. The zero-order valence-electron chi connectivity index (χ0n) is 10.1. The summed E-state index contributed by atoms with van der Waals surface area (Å²) in [6.45, 7) is 3.50. The van der Waals surface area contributed by atoms with Gasteiger partial charge in [-0.15, -0.1) is 0 Å². The van der Waals surface area contributed by atoms with Crippen molar-refractivity contribution < 1.29 is 8.42 Å². The number of rotatable bonds is 5. The maximum absolute atomic E-state index is 11.7. The lowest BCUT2D eigenvalue weighted by Gasteiger charge is -2.35. The molecule has 3 N–H and O–H groups in total. The second-order valence-electron chi connectivity index (χ2n) is 4.63. The highest BCUT2D eigenvalue weighted by molar-refractivity contribution is 7.89. The number of nitrogens with zero attached hydrogens (tertiary/aromatic N) is 1. The van der Waals surface area contributed by atoms with Crippen LogP contribution in [0.15, 0.2) is 0 Å². The molecule has 0 aromatic rings. The lowest BCUT2D eigenvalue weighted by atomic mass is 10.0. The van der Waals surface area contributed by atoms with Gasteiger partial charge in [0.25, 0.3) is 0 Å². The van der Waals surface area contributed by atoms with Gasteiger partial charge in [-0.1, -0.05) is 0 Å². The molecule has 1 rings (SSSR count). The molecule has 1 heterocycles. The first kappa shape index (κ1) is 13.9. The standard InChI is InChI=1S/C10H23N3O2S/c1-9-8-10(4-6-13(9)2)12-16(14,15)7-3-5-11/h9-10,12H,3-8,11H2,1-2H3. The molecule has 0 spiro atoms. The molecule has 0 aromatic carbocycles. The van der Waals surface area contributed by atoms with E-state index in [2.05, 4.69) is 23.6 Å². The van der Waals surface area contributed by atoms with Crippen molar-refractivity contribution in [2.24, 2.45) is 5.73 Å². The number of piperidine rings is 1. The summed E-state index contributed by atoms with van der Waals surface area (Å²) in [5.41, 5.74) is 5.31.